The summed E-state index contributed by atoms with van der Waals surface area (Å²) in [6.07, 6.45) is 3.00. The molecule has 1 unspecified atom stereocenters. The van der Waals surface area contributed by atoms with Gasteiger partial charge >= 0.3 is 5.97 Å². The number of thiophene rings is 1. The van der Waals surface area contributed by atoms with Gasteiger partial charge in [0.1, 0.15) is 10.7 Å². The molecular weight excluding hydrogens is 300 g/mol. The number of hydrogen-bond donors (Lipinski definition) is 1. The highest BCUT2D eigenvalue weighted by Crippen LogP contribution is 2.40. The second-order valence-corrected chi connectivity index (χ2v) is 7.14. The Hall–Kier alpha value is -1.69. The summed E-state index contributed by atoms with van der Waals surface area (Å²) < 4.78 is 1.71. The SMILES string of the molecule is CCc1nc2sc3c(c2c(=O)n1C(C)C)C(C(=O)O)CCC3. The van der Waals surface area contributed by atoms with Crippen molar-refractivity contribution >= 4 is 27.5 Å². The number of nitrogens with zero attached hydrogens (tertiary/aromatic N) is 2. The molecule has 0 spiro atoms. The zero-order valence-electron chi connectivity index (χ0n) is 13.0. The molecule has 2 aromatic rings. The van der Waals surface area contributed by atoms with E-state index in [9.17, 15) is 14.7 Å². The second kappa shape index (κ2) is 5.50. The minimum atomic E-state index is -0.837. The van der Waals surface area contributed by atoms with Crippen molar-refractivity contribution in [3.8, 4) is 0 Å². The highest BCUT2D eigenvalue weighted by Gasteiger charge is 2.32. The number of aliphatic carboxylic acids is 1. The third-order valence-electron chi connectivity index (χ3n) is 4.32. The van der Waals surface area contributed by atoms with Crippen LogP contribution in [-0.4, -0.2) is 20.6 Å². The van der Waals surface area contributed by atoms with E-state index in [0.717, 1.165) is 29.1 Å². The summed E-state index contributed by atoms with van der Waals surface area (Å²) in [5.74, 6) is -0.631. The molecule has 118 valence electrons. The highest BCUT2D eigenvalue weighted by atomic mass is 32.1. The third-order valence-corrected chi connectivity index (χ3v) is 5.48. The van der Waals surface area contributed by atoms with Gasteiger partial charge in [0.15, 0.2) is 0 Å². The van der Waals surface area contributed by atoms with Crippen molar-refractivity contribution in [2.45, 2.75) is 58.4 Å². The normalized spacial score (nSPS) is 17.9. The molecule has 0 bridgehead atoms. The van der Waals surface area contributed by atoms with Crippen molar-refractivity contribution in [2.75, 3.05) is 0 Å². The molecule has 0 fully saturated rings. The van der Waals surface area contributed by atoms with Crippen LogP contribution in [0.3, 0.4) is 0 Å². The van der Waals surface area contributed by atoms with Gasteiger partial charge in [-0.3, -0.25) is 14.2 Å². The van der Waals surface area contributed by atoms with Crippen molar-refractivity contribution in [1.29, 1.82) is 0 Å². The molecule has 0 radical (unpaired) electrons. The van der Waals surface area contributed by atoms with Crippen molar-refractivity contribution in [3.05, 3.63) is 26.6 Å². The summed E-state index contributed by atoms with van der Waals surface area (Å²) in [6.45, 7) is 5.91. The Bertz CT molecular complexity index is 804. The Labute approximate surface area is 132 Å². The van der Waals surface area contributed by atoms with E-state index in [1.54, 1.807) is 4.57 Å². The summed E-state index contributed by atoms with van der Waals surface area (Å²) >= 11 is 1.50. The highest BCUT2D eigenvalue weighted by molar-refractivity contribution is 7.18. The lowest BCUT2D eigenvalue weighted by molar-refractivity contribution is -0.139. The average Bonchev–Trinajstić information content (AvgIpc) is 2.84. The summed E-state index contributed by atoms with van der Waals surface area (Å²) in [5.41, 5.74) is 0.649. The maximum atomic E-state index is 13.0. The minimum Gasteiger partial charge on any atom is -0.481 e. The van der Waals surface area contributed by atoms with Crippen LogP contribution in [0.1, 0.15) is 61.8 Å². The molecule has 5 nitrogen and oxygen atoms in total. The van der Waals surface area contributed by atoms with Gasteiger partial charge in [-0.25, -0.2) is 4.98 Å². The van der Waals surface area contributed by atoms with Crippen molar-refractivity contribution in [2.24, 2.45) is 0 Å². The fourth-order valence-electron chi connectivity index (χ4n) is 3.37. The molecule has 0 amide bonds. The summed E-state index contributed by atoms with van der Waals surface area (Å²) in [5, 5.41) is 10.0. The number of aromatic nitrogens is 2. The fraction of sp³-hybridized carbons (Fsp3) is 0.562. The van der Waals surface area contributed by atoms with Crippen LogP contribution in [0.5, 0.6) is 0 Å². The molecule has 0 saturated carbocycles. The number of rotatable bonds is 3. The van der Waals surface area contributed by atoms with E-state index >= 15 is 0 Å². The third kappa shape index (κ3) is 2.17. The predicted octanol–water partition coefficient (Wildman–Crippen LogP) is 3.11. The zero-order valence-corrected chi connectivity index (χ0v) is 13.9. The van der Waals surface area contributed by atoms with E-state index in [2.05, 4.69) is 4.98 Å². The number of fused-ring (bicyclic) bond motifs is 3. The Morgan fingerprint density at radius 2 is 2.23 bits per heavy atom. The van der Waals surface area contributed by atoms with Crippen molar-refractivity contribution in [1.82, 2.24) is 9.55 Å². The predicted molar refractivity (Wildman–Crippen MR) is 87.0 cm³/mol. The molecule has 2 heterocycles. The van der Waals surface area contributed by atoms with Crippen LogP contribution >= 0.6 is 11.3 Å². The van der Waals surface area contributed by atoms with Gasteiger partial charge in [0, 0.05) is 17.3 Å². The van der Waals surface area contributed by atoms with Crippen LogP contribution in [0.25, 0.3) is 10.2 Å². The first-order valence-electron chi connectivity index (χ1n) is 7.75. The number of carboxylic acid groups (broad SMARTS) is 1. The van der Waals surface area contributed by atoms with Crippen LogP contribution in [-0.2, 0) is 17.6 Å². The van der Waals surface area contributed by atoms with Gasteiger partial charge in [-0.15, -0.1) is 11.3 Å². The van der Waals surface area contributed by atoms with E-state index in [0.29, 0.717) is 23.1 Å². The standard InChI is InChI=1S/C16H20N2O3S/c1-4-11-17-14-13(15(19)18(11)8(2)3)12-9(16(20)21)6-5-7-10(12)22-14/h8-9H,4-7H2,1-3H3,(H,20,21). The second-order valence-electron chi connectivity index (χ2n) is 6.05. The molecule has 1 atom stereocenters. The number of carbonyl (C=O) groups is 1. The molecule has 1 N–H and O–H groups in total. The molecule has 1 aliphatic rings. The average molecular weight is 320 g/mol. The Morgan fingerprint density at radius 3 is 2.82 bits per heavy atom. The first-order valence-corrected chi connectivity index (χ1v) is 8.56. The van der Waals surface area contributed by atoms with Gasteiger partial charge < -0.3 is 5.11 Å². The molecule has 0 saturated heterocycles. The van der Waals surface area contributed by atoms with Gasteiger partial charge in [0.2, 0.25) is 0 Å². The molecule has 3 rings (SSSR count). The minimum absolute atomic E-state index is 0.0155. The molecule has 1 aliphatic carbocycles. The van der Waals surface area contributed by atoms with E-state index < -0.39 is 11.9 Å². The molecule has 0 aromatic carbocycles. The Balaban J connectivity index is 2.39. The van der Waals surface area contributed by atoms with Crippen LogP contribution in [0.4, 0.5) is 0 Å². The van der Waals surface area contributed by atoms with Crippen LogP contribution in [0.15, 0.2) is 4.79 Å². The monoisotopic (exact) mass is 320 g/mol. The number of aryl methyl sites for hydroxylation is 2. The summed E-state index contributed by atoms with van der Waals surface area (Å²) in [4.78, 5) is 31.0. The van der Waals surface area contributed by atoms with E-state index in [1.807, 2.05) is 20.8 Å². The lowest BCUT2D eigenvalue weighted by Crippen LogP contribution is -2.28. The van der Waals surface area contributed by atoms with Gasteiger partial charge in [0.05, 0.1) is 11.3 Å². The molecule has 6 heteroatoms. The molecule has 0 aliphatic heterocycles. The van der Waals surface area contributed by atoms with Gasteiger partial charge in [-0.1, -0.05) is 6.92 Å². The topological polar surface area (TPSA) is 72.2 Å². The van der Waals surface area contributed by atoms with Crippen LogP contribution in [0, 0.1) is 0 Å². The summed E-state index contributed by atoms with van der Waals surface area (Å²) in [7, 11) is 0. The largest absolute Gasteiger partial charge is 0.481 e. The first kappa shape index (κ1) is 15.2. The van der Waals surface area contributed by atoms with E-state index in [-0.39, 0.29) is 11.6 Å². The maximum absolute atomic E-state index is 13.0. The van der Waals surface area contributed by atoms with Crippen molar-refractivity contribution < 1.29 is 9.90 Å². The lowest BCUT2D eigenvalue weighted by atomic mass is 9.86. The first-order chi connectivity index (χ1) is 10.5. The number of hydrogen-bond acceptors (Lipinski definition) is 4. The summed E-state index contributed by atoms with van der Waals surface area (Å²) in [6, 6.07) is 0.0155. The molecule has 2 aromatic heterocycles. The maximum Gasteiger partial charge on any atom is 0.311 e. The Morgan fingerprint density at radius 1 is 1.50 bits per heavy atom. The molecule has 22 heavy (non-hydrogen) atoms. The van der Waals surface area contributed by atoms with E-state index in [1.165, 1.54) is 11.3 Å². The van der Waals surface area contributed by atoms with Gasteiger partial charge in [-0.05, 0) is 38.7 Å². The van der Waals surface area contributed by atoms with Crippen molar-refractivity contribution in [3.63, 3.8) is 0 Å². The fourth-order valence-corrected chi connectivity index (χ4v) is 4.65. The van der Waals surface area contributed by atoms with Crippen LogP contribution < -0.4 is 5.56 Å². The quantitative estimate of drug-likeness (QED) is 0.943. The lowest BCUT2D eigenvalue weighted by Gasteiger charge is -2.19. The number of carboxylic acids is 1. The zero-order chi connectivity index (χ0) is 16.0. The van der Waals surface area contributed by atoms with Gasteiger partial charge in [0.25, 0.3) is 5.56 Å². The molecular formula is C16H20N2O3S. The van der Waals surface area contributed by atoms with Gasteiger partial charge in [-0.2, -0.15) is 0 Å². The smallest absolute Gasteiger partial charge is 0.311 e. The Kier molecular flexibility index (Phi) is 3.80. The van der Waals surface area contributed by atoms with Crippen LogP contribution in [0.2, 0.25) is 0 Å². The van der Waals surface area contributed by atoms with E-state index in [4.69, 9.17) is 0 Å².